The SMILES string of the molecule is Cc1cnc(S(=O)(=O)Cc2cc(C(F)(F)F)nn2C)nc1. The van der Waals surface area contributed by atoms with E-state index in [0.717, 1.165) is 4.68 Å². The Morgan fingerprint density at radius 1 is 1.24 bits per heavy atom. The third-order valence-electron chi connectivity index (χ3n) is 2.64. The second-order valence-corrected chi connectivity index (χ2v) is 6.33. The summed E-state index contributed by atoms with van der Waals surface area (Å²) in [4.78, 5) is 7.36. The summed E-state index contributed by atoms with van der Waals surface area (Å²) in [5.41, 5.74) is -0.555. The molecule has 0 amide bonds. The highest BCUT2D eigenvalue weighted by Gasteiger charge is 2.35. The highest BCUT2D eigenvalue weighted by molar-refractivity contribution is 7.90. The Bertz CT molecular complexity index is 751. The zero-order valence-corrected chi connectivity index (χ0v) is 11.9. The molecule has 0 aliphatic carbocycles. The van der Waals surface area contributed by atoms with Gasteiger partial charge in [0.25, 0.3) is 0 Å². The van der Waals surface area contributed by atoms with Crippen LogP contribution in [0.3, 0.4) is 0 Å². The molecule has 0 aromatic carbocycles. The molecule has 114 valence electrons. The van der Waals surface area contributed by atoms with Gasteiger partial charge >= 0.3 is 6.18 Å². The smallest absolute Gasteiger partial charge is 0.271 e. The van der Waals surface area contributed by atoms with E-state index in [1.807, 2.05) is 0 Å². The molecule has 0 unspecified atom stereocenters. The molecule has 0 radical (unpaired) electrons. The van der Waals surface area contributed by atoms with Crippen LogP contribution in [0.1, 0.15) is 17.0 Å². The highest BCUT2D eigenvalue weighted by Crippen LogP contribution is 2.29. The Hall–Kier alpha value is -1.97. The van der Waals surface area contributed by atoms with Gasteiger partial charge in [-0.1, -0.05) is 0 Å². The maximum absolute atomic E-state index is 12.5. The van der Waals surface area contributed by atoms with Crippen LogP contribution >= 0.6 is 0 Å². The van der Waals surface area contributed by atoms with Gasteiger partial charge in [0, 0.05) is 19.4 Å². The highest BCUT2D eigenvalue weighted by atomic mass is 32.2. The Morgan fingerprint density at radius 3 is 2.29 bits per heavy atom. The summed E-state index contributed by atoms with van der Waals surface area (Å²) >= 11 is 0. The minimum Gasteiger partial charge on any atom is -0.271 e. The minimum absolute atomic E-state index is 0.0912. The van der Waals surface area contributed by atoms with Gasteiger partial charge in [0.15, 0.2) is 5.69 Å². The molecular formula is C11H11F3N4O2S. The van der Waals surface area contributed by atoms with E-state index in [1.54, 1.807) is 6.92 Å². The van der Waals surface area contributed by atoms with Gasteiger partial charge in [0.05, 0.1) is 11.4 Å². The van der Waals surface area contributed by atoms with Gasteiger partial charge in [-0.05, 0) is 18.6 Å². The summed E-state index contributed by atoms with van der Waals surface area (Å²) in [6, 6.07) is 0.700. The van der Waals surface area contributed by atoms with Gasteiger partial charge in [-0.2, -0.15) is 18.3 Å². The number of aryl methyl sites for hydroxylation is 2. The summed E-state index contributed by atoms with van der Waals surface area (Å²) in [7, 11) is -2.69. The van der Waals surface area contributed by atoms with Crippen LogP contribution in [0.25, 0.3) is 0 Å². The van der Waals surface area contributed by atoms with Crippen molar-refractivity contribution in [1.29, 1.82) is 0 Å². The van der Waals surface area contributed by atoms with E-state index in [4.69, 9.17) is 0 Å². The fourth-order valence-corrected chi connectivity index (χ4v) is 2.80. The van der Waals surface area contributed by atoms with Gasteiger partial charge in [0.2, 0.25) is 15.0 Å². The number of hydrogen-bond acceptors (Lipinski definition) is 5. The largest absolute Gasteiger partial charge is 0.435 e. The second kappa shape index (κ2) is 5.10. The molecule has 0 fully saturated rings. The standard InChI is InChI=1S/C11H11F3N4O2S/c1-7-4-15-10(16-5-7)21(19,20)6-8-3-9(11(12,13)14)17-18(8)2/h3-5H,6H2,1-2H3. The van der Waals surface area contributed by atoms with Crippen molar-refractivity contribution < 1.29 is 21.6 Å². The van der Waals surface area contributed by atoms with Crippen molar-refractivity contribution in [2.45, 2.75) is 24.0 Å². The molecule has 0 atom stereocenters. The zero-order chi connectivity index (χ0) is 15.8. The van der Waals surface area contributed by atoms with Crippen LogP contribution in [-0.4, -0.2) is 28.2 Å². The average Bonchev–Trinajstić information content (AvgIpc) is 2.71. The molecule has 0 aliphatic rings. The molecular weight excluding hydrogens is 309 g/mol. The van der Waals surface area contributed by atoms with E-state index >= 15 is 0 Å². The fourth-order valence-electron chi connectivity index (χ4n) is 1.58. The van der Waals surface area contributed by atoms with Crippen LogP contribution in [-0.2, 0) is 28.8 Å². The van der Waals surface area contributed by atoms with Crippen molar-refractivity contribution in [1.82, 2.24) is 19.7 Å². The Labute approximate surface area is 118 Å². The van der Waals surface area contributed by atoms with Gasteiger partial charge < -0.3 is 0 Å². The first-order chi connectivity index (χ1) is 9.59. The molecule has 0 aliphatic heterocycles. The molecule has 6 nitrogen and oxygen atoms in total. The summed E-state index contributed by atoms with van der Waals surface area (Å²) in [5, 5.41) is 2.83. The van der Waals surface area contributed by atoms with E-state index < -0.39 is 32.6 Å². The quantitative estimate of drug-likeness (QED) is 0.801. The molecule has 2 rings (SSSR count). The van der Waals surface area contributed by atoms with Gasteiger partial charge in [-0.25, -0.2) is 18.4 Å². The molecule has 0 spiro atoms. The Balaban J connectivity index is 2.33. The molecule has 2 aromatic rings. The molecule has 21 heavy (non-hydrogen) atoms. The van der Waals surface area contributed by atoms with Crippen LogP contribution in [0, 0.1) is 6.92 Å². The van der Waals surface area contributed by atoms with Crippen LogP contribution < -0.4 is 0 Å². The molecule has 0 saturated carbocycles. The molecule has 10 heteroatoms. The number of hydrogen-bond donors (Lipinski definition) is 0. The first-order valence-corrected chi connectivity index (χ1v) is 7.36. The number of rotatable bonds is 3. The molecule has 0 bridgehead atoms. The van der Waals surface area contributed by atoms with Crippen molar-refractivity contribution in [2.24, 2.45) is 7.05 Å². The average molecular weight is 320 g/mol. The van der Waals surface area contributed by atoms with E-state index in [1.165, 1.54) is 19.4 Å². The predicted molar refractivity (Wildman–Crippen MR) is 65.9 cm³/mol. The maximum atomic E-state index is 12.5. The number of aromatic nitrogens is 4. The van der Waals surface area contributed by atoms with Gasteiger partial charge in [-0.15, -0.1) is 0 Å². The lowest BCUT2D eigenvalue weighted by atomic mass is 10.4. The molecule has 2 aromatic heterocycles. The Morgan fingerprint density at radius 2 is 1.81 bits per heavy atom. The summed E-state index contributed by atoms with van der Waals surface area (Å²) in [5.74, 6) is -0.657. The van der Waals surface area contributed by atoms with Crippen LogP contribution in [0.2, 0.25) is 0 Å². The third kappa shape index (κ3) is 3.38. The van der Waals surface area contributed by atoms with Crippen molar-refractivity contribution in [2.75, 3.05) is 0 Å². The van der Waals surface area contributed by atoms with Gasteiger partial charge in [-0.3, -0.25) is 4.68 Å². The van der Waals surface area contributed by atoms with E-state index in [-0.39, 0.29) is 5.69 Å². The van der Waals surface area contributed by atoms with Crippen molar-refractivity contribution in [3.63, 3.8) is 0 Å². The van der Waals surface area contributed by atoms with Crippen molar-refractivity contribution in [3.05, 3.63) is 35.4 Å². The minimum atomic E-state index is -4.62. The van der Waals surface area contributed by atoms with E-state index in [9.17, 15) is 21.6 Å². The molecule has 0 N–H and O–H groups in total. The summed E-state index contributed by atoms with van der Waals surface area (Å²) in [6.45, 7) is 1.69. The fraction of sp³-hybridized carbons (Fsp3) is 0.364. The van der Waals surface area contributed by atoms with Crippen LogP contribution in [0.4, 0.5) is 13.2 Å². The topological polar surface area (TPSA) is 77.7 Å². The lowest BCUT2D eigenvalue weighted by Gasteiger charge is -2.03. The monoisotopic (exact) mass is 320 g/mol. The van der Waals surface area contributed by atoms with E-state index in [2.05, 4.69) is 15.1 Å². The maximum Gasteiger partial charge on any atom is 0.435 e. The van der Waals surface area contributed by atoms with Gasteiger partial charge in [0.1, 0.15) is 0 Å². The predicted octanol–water partition coefficient (Wildman–Crippen LogP) is 1.51. The van der Waals surface area contributed by atoms with Crippen molar-refractivity contribution in [3.8, 4) is 0 Å². The second-order valence-electron chi connectivity index (χ2n) is 4.44. The van der Waals surface area contributed by atoms with Crippen molar-refractivity contribution >= 4 is 9.84 Å². The first kappa shape index (κ1) is 15.4. The zero-order valence-electron chi connectivity index (χ0n) is 11.1. The molecule has 0 saturated heterocycles. The number of alkyl halides is 3. The number of nitrogens with zero attached hydrogens (tertiary/aromatic N) is 4. The molecule has 2 heterocycles. The van der Waals surface area contributed by atoms with Crippen LogP contribution in [0.5, 0.6) is 0 Å². The first-order valence-electron chi connectivity index (χ1n) is 5.71. The van der Waals surface area contributed by atoms with E-state index in [0.29, 0.717) is 11.6 Å². The third-order valence-corrected chi connectivity index (χ3v) is 4.08. The number of sulfone groups is 1. The summed E-state index contributed by atoms with van der Waals surface area (Å²) in [6.07, 6.45) is -1.98. The Kier molecular flexibility index (Phi) is 3.74. The summed E-state index contributed by atoms with van der Waals surface area (Å²) < 4.78 is 62.6. The normalized spacial score (nSPS) is 12.6. The lowest BCUT2D eigenvalue weighted by molar-refractivity contribution is -0.141. The van der Waals surface area contributed by atoms with Crippen LogP contribution in [0.15, 0.2) is 23.6 Å². The number of halogens is 3. The lowest BCUT2D eigenvalue weighted by Crippen LogP contribution is -2.12.